The third kappa shape index (κ3) is 3.48. The number of rotatable bonds is 4. The number of hydrogen-bond donors (Lipinski definition) is 0. The summed E-state index contributed by atoms with van der Waals surface area (Å²) in [5, 5.41) is 0. The molecule has 6 heteroatoms. The third-order valence-corrected chi connectivity index (χ3v) is 4.08. The Morgan fingerprint density at radius 3 is 2.70 bits per heavy atom. The van der Waals surface area contributed by atoms with Crippen LogP contribution >= 0.6 is 0 Å². The normalized spacial score (nSPS) is 15.7. The van der Waals surface area contributed by atoms with Crippen molar-refractivity contribution < 1.29 is 9.53 Å². The van der Waals surface area contributed by atoms with Crippen LogP contribution in [0.25, 0.3) is 11.1 Å². The number of carbonyl (C=O) groups is 1. The van der Waals surface area contributed by atoms with Crippen LogP contribution in [0.15, 0.2) is 36.9 Å². The first-order valence-electron chi connectivity index (χ1n) is 7.56. The molecule has 23 heavy (non-hydrogen) atoms. The summed E-state index contributed by atoms with van der Waals surface area (Å²) in [5.41, 5.74) is 3.02. The maximum atomic E-state index is 11.8. The van der Waals surface area contributed by atoms with Gasteiger partial charge in [0.1, 0.15) is 12.1 Å². The summed E-state index contributed by atoms with van der Waals surface area (Å²) >= 11 is 0. The van der Waals surface area contributed by atoms with E-state index in [0.29, 0.717) is 6.54 Å². The van der Waals surface area contributed by atoms with Gasteiger partial charge in [-0.25, -0.2) is 9.97 Å². The molecule has 3 rings (SSSR count). The minimum atomic E-state index is 0.168. The van der Waals surface area contributed by atoms with Crippen LogP contribution in [0.2, 0.25) is 0 Å². The van der Waals surface area contributed by atoms with Crippen LogP contribution < -0.4 is 4.74 Å². The van der Waals surface area contributed by atoms with Gasteiger partial charge in [0.2, 0.25) is 5.91 Å². The number of benzene rings is 1. The summed E-state index contributed by atoms with van der Waals surface area (Å²) in [6.07, 6.45) is 5.05. The second kappa shape index (κ2) is 6.75. The van der Waals surface area contributed by atoms with Crippen LogP contribution in [0.3, 0.4) is 0 Å². The summed E-state index contributed by atoms with van der Waals surface area (Å²) < 4.78 is 5.45. The molecular formula is C17H20N4O2. The lowest BCUT2D eigenvalue weighted by molar-refractivity contribution is -0.134. The average Bonchev–Trinajstić information content (AvgIpc) is 2.59. The van der Waals surface area contributed by atoms with E-state index in [2.05, 4.69) is 20.9 Å². The predicted octanol–water partition coefficient (Wildman–Crippen LogP) is 1.43. The molecular weight excluding hydrogens is 292 g/mol. The van der Waals surface area contributed by atoms with E-state index >= 15 is 0 Å². The van der Waals surface area contributed by atoms with E-state index in [4.69, 9.17) is 4.74 Å². The zero-order valence-corrected chi connectivity index (χ0v) is 13.4. The Labute approximate surface area is 135 Å². The summed E-state index contributed by atoms with van der Waals surface area (Å²) in [4.78, 5) is 23.9. The Morgan fingerprint density at radius 1 is 1.22 bits per heavy atom. The first-order chi connectivity index (χ1) is 11.2. The molecule has 0 spiro atoms. The quantitative estimate of drug-likeness (QED) is 0.855. The Balaban J connectivity index is 1.83. The molecule has 0 aliphatic carbocycles. The van der Waals surface area contributed by atoms with Crippen molar-refractivity contribution in [2.75, 3.05) is 33.8 Å². The Kier molecular flexibility index (Phi) is 4.52. The molecule has 0 N–H and O–H groups in total. The Morgan fingerprint density at radius 2 is 2.00 bits per heavy atom. The molecule has 1 amide bonds. The molecule has 1 aliphatic heterocycles. The SMILES string of the molecule is COc1ccc(CN2CCN(C)C(=O)C2)cc1-c1cncnc1. The summed E-state index contributed by atoms with van der Waals surface area (Å²) in [7, 11) is 3.50. The van der Waals surface area contributed by atoms with Crippen LogP contribution in [0.5, 0.6) is 5.75 Å². The number of carbonyl (C=O) groups excluding carboxylic acids is 1. The zero-order valence-electron chi connectivity index (χ0n) is 13.4. The summed E-state index contributed by atoms with van der Waals surface area (Å²) in [6.45, 7) is 2.86. The van der Waals surface area contributed by atoms with Crippen LogP contribution in [0.4, 0.5) is 0 Å². The van der Waals surface area contributed by atoms with Crippen molar-refractivity contribution in [2.24, 2.45) is 0 Å². The second-order valence-electron chi connectivity index (χ2n) is 5.69. The van der Waals surface area contributed by atoms with Crippen LogP contribution in [-0.2, 0) is 11.3 Å². The number of ether oxygens (including phenoxy) is 1. The fourth-order valence-corrected chi connectivity index (χ4v) is 2.72. The molecule has 0 bridgehead atoms. The molecule has 1 saturated heterocycles. The molecule has 1 aliphatic rings. The van der Waals surface area contributed by atoms with Crippen molar-refractivity contribution in [2.45, 2.75) is 6.54 Å². The van der Waals surface area contributed by atoms with Gasteiger partial charge in [-0.2, -0.15) is 0 Å². The highest BCUT2D eigenvalue weighted by Crippen LogP contribution is 2.30. The Hall–Kier alpha value is -2.47. The van der Waals surface area contributed by atoms with Gasteiger partial charge in [0.05, 0.1) is 13.7 Å². The smallest absolute Gasteiger partial charge is 0.236 e. The number of amides is 1. The minimum absolute atomic E-state index is 0.168. The molecule has 0 atom stereocenters. The van der Waals surface area contributed by atoms with Gasteiger partial charge in [-0.05, 0) is 17.7 Å². The van der Waals surface area contributed by atoms with Gasteiger partial charge in [0.15, 0.2) is 0 Å². The summed E-state index contributed by atoms with van der Waals surface area (Å²) in [6, 6.07) is 6.07. The van der Waals surface area contributed by atoms with E-state index in [1.807, 2.05) is 19.2 Å². The van der Waals surface area contributed by atoms with Crippen molar-refractivity contribution in [1.82, 2.24) is 19.8 Å². The lowest BCUT2D eigenvalue weighted by Crippen LogP contribution is -2.47. The van der Waals surface area contributed by atoms with E-state index in [-0.39, 0.29) is 5.91 Å². The van der Waals surface area contributed by atoms with E-state index in [9.17, 15) is 4.79 Å². The van der Waals surface area contributed by atoms with Crippen molar-refractivity contribution in [3.8, 4) is 16.9 Å². The van der Waals surface area contributed by atoms with E-state index in [1.54, 1.807) is 24.4 Å². The summed E-state index contributed by atoms with van der Waals surface area (Å²) in [5.74, 6) is 0.958. The molecule has 0 radical (unpaired) electrons. The molecule has 0 saturated carbocycles. The third-order valence-electron chi connectivity index (χ3n) is 4.08. The highest BCUT2D eigenvalue weighted by molar-refractivity contribution is 5.78. The van der Waals surface area contributed by atoms with Crippen LogP contribution in [0.1, 0.15) is 5.56 Å². The fraction of sp³-hybridized carbons (Fsp3) is 0.353. The zero-order chi connectivity index (χ0) is 16.2. The maximum Gasteiger partial charge on any atom is 0.236 e. The lowest BCUT2D eigenvalue weighted by Gasteiger charge is -2.32. The number of methoxy groups -OCH3 is 1. The standard InChI is InChI=1S/C17H20N4O2/c1-20-5-6-21(11-17(20)22)10-13-3-4-16(23-2)15(7-13)14-8-18-12-19-9-14/h3-4,7-9,12H,5-6,10-11H2,1-2H3. The molecule has 0 unspecified atom stereocenters. The first-order valence-corrected chi connectivity index (χ1v) is 7.56. The van der Waals surface area contributed by atoms with Gasteiger partial charge < -0.3 is 9.64 Å². The fourth-order valence-electron chi connectivity index (χ4n) is 2.72. The minimum Gasteiger partial charge on any atom is -0.496 e. The topological polar surface area (TPSA) is 58.6 Å². The van der Waals surface area contributed by atoms with Crippen LogP contribution in [0, 0.1) is 0 Å². The number of hydrogen-bond acceptors (Lipinski definition) is 5. The van der Waals surface area contributed by atoms with E-state index in [1.165, 1.54) is 6.33 Å². The molecule has 120 valence electrons. The van der Waals surface area contributed by atoms with Gasteiger partial charge in [-0.15, -0.1) is 0 Å². The number of piperazine rings is 1. The van der Waals surface area contributed by atoms with Gasteiger partial charge in [0.25, 0.3) is 0 Å². The van der Waals surface area contributed by atoms with E-state index in [0.717, 1.165) is 42.1 Å². The second-order valence-corrected chi connectivity index (χ2v) is 5.69. The van der Waals surface area contributed by atoms with Crippen molar-refractivity contribution in [3.05, 3.63) is 42.5 Å². The largest absolute Gasteiger partial charge is 0.496 e. The van der Waals surface area contributed by atoms with Gasteiger partial charge in [0, 0.05) is 50.2 Å². The van der Waals surface area contributed by atoms with Crippen molar-refractivity contribution in [3.63, 3.8) is 0 Å². The highest BCUT2D eigenvalue weighted by Gasteiger charge is 2.21. The van der Waals surface area contributed by atoms with Gasteiger partial charge >= 0.3 is 0 Å². The number of likely N-dealkylation sites (N-methyl/N-ethyl adjacent to an activating group) is 1. The average molecular weight is 312 g/mol. The lowest BCUT2D eigenvalue weighted by atomic mass is 10.0. The molecule has 2 heterocycles. The van der Waals surface area contributed by atoms with Gasteiger partial charge in [-0.1, -0.05) is 6.07 Å². The molecule has 2 aromatic rings. The number of aromatic nitrogens is 2. The molecule has 1 fully saturated rings. The van der Waals surface area contributed by atoms with E-state index < -0.39 is 0 Å². The molecule has 6 nitrogen and oxygen atoms in total. The molecule has 1 aromatic heterocycles. The first kappa shape index (κ1) is 15.4. The van der Waals surface area contributed by atoms with Gasteiger partial charge in [-0.3, -0.25) is 9.69 Å². The van der Waals surface area contributed by atoms with Crippen LogP contribution in [-0.4, -0.2) is 59.5 Å². The maximum absolute atomic E-state index is 11.8. The monoisotopic (exact) mass is 312 g/mol. The van der Waals surface area contributed by atoms with Crippen molar-refractivity contribution in [1.29, 1.82) is 0 Å². The molecule has 1 aromatic carbocycles. The number of nitrogens with zero attached hydrogens (tertiary/aromatic N) is 4. The highest BCUT2D eigenvalue weighted by atomic mass is 16.5. The Bertz CT molecular complexity index is 690. The van der Waals surface area contributed by atoms with Crippen molar-refractivity contribution >= 4 is 5.91 Å². The predicted molar refractivity (Wildman–Crippen MR) is 86.9 cm³/mol.